The second-order valence-electron chi connectivity index (χ2n) is 5.14. The van der Waals surface area contributed by atoms with Gasteiger partial charge in [-0.3, -0.25) is 4.72 Å². The van der Waals surface area contributed by atoms with Crippen LogP contribution in [-0.4, -0.2) is 20.5 Å². The Morgan fingerprint density at radius 1 is 1.04 bits per heavy atom. The fourth-order valence-electron chi connectivity index (χ4n) is 2.44. The minimum atomic E-state index is -3.75. The molecular formula is C17H16N2O3S. The van der Waals surface area contributed by atoms with E-state index < -0.39 is 10.0 Å². The Kier molecular flexibility index (Phi) is 3.92. The molecule has 1 aromatic heterocycles. The van der Waals surface area contributed by atoms with Crippen LogP contribution in [0.5, 0.6) is 5.75 Å². The highest BCUT2D eigenvalue weighted by atomic mass is 32.2. The monoisotopic (exact) mass is 328 g/mol. The van der Waals surface area contributed by atoms with Crippen LogP contribution in [0.15, 0.2) is 59.6 Å². The highest BCUT2D eigenvalue weighted by molar-refractivity contribution is 7.93. The van der Waals surface area contributed by atoms with Gasteiger partial charge >= 0.3 is 0 Å². The highest BCUT2D eigenvalue weighted by Gasteiger charge is 2.19. The lowest BCUT2D eigenvalue weighted by atomic mass is 10.1. The van der Waals surface area contributed by atoms with E-state index in [0.717, 1.165) is 10.9 Å². The summed E-state index contributed by atoms with van der Waals surface area (Å²) >= 11 is 0. The van der Waals surface area contributed by atoms with Crippen LogP contribution in [-0.2, 0) is 10.0 Å². The Hall–Kier alpha value is -2.60. The van der Waals surface area contributed by atoms with Gasteiger partial charge in [0.25, 0.3) is 10.0 Å². The van der Waals surface area contributed by atoms with Gasteiger partial charge < -0.3 is 4.74 Å². The molecule has 3 rings (SSSR count). The van der Waals surface area contributed by atoms with Crippen molar-refractivity contribution in [3.63, 3.8) is 0 Å². The Labute approximate surface area is 135 Å². The second-order valence-corrected chi connectivity index (χ2v) is 6.79. The van der Waals surface area contributed by atoms with Crippen molar-refractivity contribution in [3.05, 3.63) is 60.3 Å². The number of rotatable bonds is 4. The zero-order valence-electron chi connectivity index (χ0n) is 12.8. The van der Waals surface area contributed by atoms with Crippen LogP contribution in [0.1, 0.15) is 5.56 Å². The predicted octanol–water partition coefficient (Wildman–Crippen LogP) is 3.35. The molecule has 0 aliphatic carbocycles. The first-order valence-electron chi connectivity index (χ1n) is 7.02. The number of nitrogens with zero attached hydrogens (tertiary/aromatic N) is 1. The molecule has 0 aliphatic heterocycles. The van der Waals surface area contributed by atoms with E-state index in [0.29, 0.717) is 17.0 Å². The third kappa shape index (κ3) is 2.98. The Morgan fingerprint density at radius 3 is 2.48 bits per heavy atom. The summed E-state index contributed by atoms with van der Waals surface area (Å²) in [6.07, 6.45) is 1.57. The van der Waals surface area contributed by atoms with Crippen LogP contribution >= 0.6 is 0 Å². The third-order valence-corrected chi connectivity index (χ3v) is 4.92. The minimum Gasteiger partial charge on any atom is -0.496 e. The Bertz CT molecular complexity index is 968. The predicted molar refractivity (Wildman–Crippen MR) is 90.3 cm³/mol. The number of hydrogen-bond donors (Lipinski definition) is 1. The van der Waals surface area contributed by atoms with Crippen molar-refractivity contribution >= 4 is 26.6 Å². The molecule has 1 heterocycles. The number of ether oxygens (including phenoxy) is 1. The fraction of sp³-hybridized carbons (Fsp3) is 0.118. The maximum atomic E-state index is 12.7. The first-order chi connectivity index (χ1) is 11.0. The lowest BCUT2D eigenvalue weighted by Crippen LogP contribution is -2.14. The zero-order valence-corrected chi connectivity index (χ0v) is 13.6. The number of anilines is 1. The summed E-state index contributed by atoms with van der Waals surface area (Å²) in [4.78, 5) is 4.24. The van der Waals surface area contributed by atoms with E-state index in [1.54, 1.807) is 49.7 Å². The van der Waals surface area contributed by atoms with Gasteiger partial charge in [0.05, 0.1) is 12.0 Å². The molecule has 0 spiro atoms. The van der Waals surface area contributed by atoms with Crippen molar-refractivity contribution in [1.82, 2.24) is 4.98 Å². The summed E-state index contributed by atoms with van der Waals surface area (Å²) < 4.78 is 33.3. The molecule has 0 fully saturated rings. The number of aryl methyl sites for hydroxylation is 1. The van der Waals surface area contributed by atoms with Crippen molar-refractivity contribution in [1.29, 1.82) is 0 Å². The first kappa shape index (κ1) is 15.3. The van der Waals surface area contributed by atoms with Crippen molar-refractivity contribution in [2.45, 2.75) is 11.8 Å². The van der Waals surface area contributed by atoms with Crippen LogP contribution in [0.4, 0.5) is 5.82 Å². The molecule has 0 saturated carbocycles. The second kappa shape index (κ2) is 5.89. The number of nitrogens with one attached hydrogen (secondary N) is 1. The molecule has 5 nitrogen and oxygen atoms in total. The van der Waals surface area contributed by atoms with Gasteiger partial charge in [-0.25, -0.2) is 13.4 Å². The molecule has 0 radical (unpaired) electrons. The van der Waals surface area contributed by atoms with Gasteiger partial charge in [0, 0.05) is 17.0 Å². The van der Waals surface area contributed by atoms with E-state index in [1.165, 1.54) is 0 Å². The van der Waals surface area contributed by atoms with Crippen LogP contribution in [0.2, 0.25) is 0 Å². The SMILES string of the molecule is COc1ccc(S(=O)(=O)Nc2cc(C)ccn2)c2ccccc12. The van der Waals surface area contributed by atoms with Gasteiger partial charge in [-0.05, 0) is 36.8 Å². The lowest BCUT2D eigenvalue weighted by molar-refractivity contribution is 0.419. The van der Waals surface area contributed by atoms with Gasteiger partial charge in [-0.15, -0.1) is 0 Å². The molecule has 23 heavy (non-hydrogen) atoms. The molecule has 1 N–H and O–H groups in total. The van der Waals surface area contributed by atoms with Gasteiger partial charge in [0.15, 0.2) is 0 Å². The summed E-state index contributed by atoms with van der Waals surface area (Å²) in [6.45, 7) is 1.88. The number of pyridine rings is 1. The minimum absolute atomic E-state index is 0.192. The molecule has 0 saturated heterocycles. The molecule has 118 valence electrons. The van der Waals surface area contributed by atoms with Crippen molar-refractivity contribution in [2.75, 3.05) is 11.8 Å². The van der Waals surface area contributed by atoms with E-state index in [2.05, 4.69) is 9.71 Å². The first-order valence-corrected chi connectivity index (χ1v) is 8.51. The maximum Gasteiger partial charge on any atom is 0.263 e. The van der Waals surface area contributed by atoms with Crippen LogP contribution in [0.25, 0.3) is 10.8 Å². The van der Waals surface area contributed by atoms with E-state index in [9.17, 15) is 8.42 Å². The molecule has 0 unspecified atom stereocenters. The molecular weight excluding hydrogens is 312 g/mol. The van der Waals surface area contributed by atoms with Crippen LogP contribution < -0.4 is 9.46 Å². The third-order valence-electron chi connectivity index (χ3n) is 3.51. The number of aromatic nitrogens is 1. The normalized spacial score (nSPS) is 11.4. The van der Waals surface area contributed by atoms with Crippen LogP contribution in [0, 0.1) is 6.92 Å². The standard InChI is InChI=1S/C17H16N2O3S/c1-12-9-10-18-17(11-12)19-23(20,21)16-8-7-15(22-2)13-5-3-4-6-14(13)16/h3-11H,1-2H3,(H,18,19). The number of sulfonamides is 1. The fourth-order valence-corrected chi connectivity index (χ4v) is 3.65. The van der Waals surface area contributed by atoms with Gasteiger partial charge in [-0.1, -0.05) is 24.3 Å². The molecule has 6 heteroatoms. The average Bonchev–Trinajstić information content (AvgIpc) is 2.53. The van der Waals surface area contributed by atoms with Crippen molar-refractivity contribution in [3.8, 4) is 5.75 Å². The largest absolute Gasteiger partial charge is 0.496 e. The Morgan fingerprint density at radius 2 is 1.78 bits per heavy atom. The summed E-state index contributed by atoms with van der Waals surface area (Å²) in [5, 5.41) is 1.35. The van der Waals surface area contributed by atoms with Crippen LogP contribution in [0.3, 0.4) is 0 Å². The van der Waals surface area contributed by atoms with E-state index in [-0.39, 0.29) is 4.90 Å². The average molecular weight is 328 g/mol. The van der Waals surface area contributed by atoms with E-state index >= 15 is 0 Å². The maximum absolute atomic E-state index is 12.7. The van der Waals surface area contributed by atoms with Gasteiger partial charge in [0.2, 0.25) is 0 Å². The number of hydrogen-bond acceptors (Lipinski definition) is 4. The number of benzene rings is 2. The molecule has 0 amide bonds. The lowest BCUT2D eigenvalue weighted by Gasteiger charge is -2.12. The summed E-state index contributed by atoms with van der Waals surface area (Å²) in [7, 11) is -2.19. The summed E-state index contributed by atoms with van der Waals surface area (Å²) in [5.41, 5.74) is 0.928. The smallest absolute Gasteiger partial charge is 0.263 e. The highest BCUT2D eigenvalue weighted by Crippen LogP contribution is 2.31. The van der Waals surface area contributed by atoms with Gasteiger partial charge in [0.1, 0.15) is 11.6 Å². The quantitative estimate of drug-likeness (QED) is 0.797. The van der Waals surface area contributed by atoms with Crippen molar-refractivity contribution in [2.24, 2.45) is 0 Å². The molecule has 0 aliphatic rings. The van der Waals surface area contributed by atoms with E-state index in [1.807, 2.05) is 19.1 Å². The Balaban J connectivity index is 2.12. The topological polar surface area (TPSA) is 68.3 Å². The summed E-state index contributed by atoms with van der Waals surface area (Å²) in [5.74, 6) is 0.929. The number of methoxy groups -OCH3 is 1. The number of fused-ring (bicyclic) bond motifs is 1. The van der Waals surface area contributed by atoms with Crippen molar-refractivity contribution < 1.29 is 13.2 Å². The van der Waals surface area contributed by atoms with Gasteiger partial charge in [-0.2, -0.15) is 0 Å². The molecule has 0 bridgehead atoms. The molecule has 0 atom stereocenters. The molecule has 2 aromatic carbocycles. The summed E-state index contributed by atoms with van der Waals surface area (Å²) in [6, 6.07) is 13.9. The molecule has 3 aromatic rings. The zero-order chi connectivity index (χ0) is 16.4. The van der Waals surface area contributed by atoms with E-state index in [4.69, 9.17) is 4.74 Å².